The van der Waals surface area contributed by atoms with Crippen molar-refractivity contribution in [1.29, 1.82) is 0 Å². The molecule has 0 spiro atoms. The smallest absolute Gasteiger partial charge is 0.330 e. The van der Waals surface area contributed by atoms with Crippen LogP contribution in [-0.2, 0) is 0 Å². The molecule has 0 aromatic heterocycles. The van der Waals surface area contributed by atoms with E-state index < -0.39 is 6.00 Å². The summed E-state index contributed by atoms with van der Waals surface area (Å²) in [6.45, 7) is 0.791. The van der Waals surface area contributed by atoms with Gasteiger partial charge in [0.1, 0.15) is 0 Å². The van der Waals surface area contributed by atoms with Gasteiger partial charge >= 0.3 is 6.00 Å². The van der Waals surface area contributed by atoms with E-state index in [0.29, 0.717) is 0 Å². The predicted octanol–water partition coefficient (Wildman–Crippen LogP) is 3.55. The van der Waals surface area contributed by atoms with E-state index in [9.17, 15) is 0 Å². The summed E-state index contributed by atoms with van der Waals surface area (Å²) in [6, 6.07) is -1.54. The Morgan fingerprint density at radius 2 is 1.33 bits per heavy atom. The number of hydrogen-bond donors (Lipinski definition) is 1. The summed E-state index contributed by atoms with van der Waals surface area (Å²) in [4.78, 5) is 0. The zero-order valence-corrected chi connectivity index (χ0v) is 10.4. The fourth-order valence-electron chi connectivity index (χ4n) is 1.00. The lowest BCUT2D eigenvalue weighted by Crippen LogP contribution is -2.07. The van der Waals surface area contributed by atoms with Gasteiger partial charge in [0.2, 0.25) is 0 Å². The van der Waals surface area contributed by atoms with E-state index in [4.69, 9.17) is 39.0 Å². The van der Waals surface area contributed by atoms with Crippen LogP contribution in [0.15, 0.2) is 0 Å². The highest BCUT2D eigenvalue weighted by molar-refractivity contribution is 7.64. The summed E-state index contributed by atoms with van der Waals surface area (Å²) < 4.78 is 0. The molecule has 74 valence electrons. The van der Waals surface area contributed by atoms with Gasteiger partial charge in [-0.2, -0.15) is 0 Å². The van der Waals surface area contributed by atoms with Crippen LogP contribution in [0.1, 0.15) is 32.1 Å². The number of unbranched alkanes of at least 4 members (excludes halogenated alkanes) is 4. The second-order valence-electron chi connectivity index (χ2n) is 2.92. The van der Waals surface area contributed by atoms with Gasteiger partial charge in [0.25, 0.3) is 0 Å². The van der Waals surface area contributed by atoms with E-state index in [-0.39, 0.29) is 0 Å². The van der Waals surface area contributed by atoms with Crippen molar-refractivity contribution in [2.75, 3.05) is 6.54 Å². The lowest BCUT2D eigenvalue weighted by molar-refractivity contribution is 0.637. The molecule has 12 heavy (non-hydrogen) atoms. The van der Waals surface area contributed by atoms with E-state index in [1.54, 1.807) is 0 Å². The third kappa shape index (κ3) is 11.0. The molecular weight excluding hydrogens is 233 g/mol. The molecule has 0 fully saturated rings. The van der Waals surface area contributed by atoms with Crippen LogP contribution < -0.4 is 5.73 Å². The molecule has 0 aromatic carbocycles. The minimum absolute atomic E-state index is 0.791. The van der Waals surface area contributed by atoms with Crippen LogP contribution in [0.25, 0.3) is 0 Å². The van der Waals surface area contributed by atoms with Gasteiger partial charge in [-0.05, 0) is 19.0 Å². The molecule has 0 amide bonds. The Labute approximate surface area is 89.7 Å². The van der Waals surface area contributed by atoms with Crippen molar-refractivity contribution >= 4 is 39.2 Å². The van der Waals surface area contributed by atoms with Gasteiger partial charge in [0.05, 0.1) is 0 Å². The molecule has 1 nitrogen and oxygen atoms in total. The van der Waals surface area contributed by atoms with Crippen molar-refractivity contribution in [3.63, 3.8) is 0 Å². The summed E-state index contributed by atoms with van der Waals surface area (Å²) in [7, 11) is 0. The molecule has 0 aliphatic carbocycles. The summed E-state index contributed by atoms with van der Waals surface area (Å²) in [6.07, 6.45) is 5.75. The van der Waals surface area contributed by atoms with Crippen molar-refractivity contribution in [1.82, 2.24) is 0 Å². The SMILES string of the molecule is NCCCCCCC[Si](Cl)(Cl)Cl. The first-order chi connectivity index (χ1) is 5.56. The first-order valence-corrected chi connectivity index (χ1v) is 9.57. The molecule has 0 unspecified atom stereocenters. The Balaban J connectivity index is 3.01. The minimum Gasteiger partial charge on any atom is -0.330 e. The summed E-state index contributed by atoms with van der Waals surface area (Å²) in [5.41, 5.74) is 5.36. The molecule has 0 heterocycles. The molecule has 5 heteroatoms. The van der Waals surface area contributed by atoms with Gasteiger partial charge in [0.15, 0.2) is 0 Å². The molecule has 0 aliphatic heterocycles. The number of halogens is 3. The third-order valence-electron chi connectivity index (χ3n) is 1.66. The third-order valence-corrected chi connectivity index (χ3v) is 4.29. The van der Waals surface area contributed by atoms with E-state index in [2.05, 4.69) is 0 Å². The molecular formula is C7H16Cl3NSi. The first-order valence-electron chi connectivity index (χ1n) is 4.33. The van der Waals surface area contributed by atoms with E-state index in [1.165, 1.54) is 19.3 Å². The van der Waals surface area contributed by atoms with Crippen LogP contribution in [0, 0.1) is 0 Å². The normalized spacial score (nSPS) is 12.0. The quantitative estimate of drug-likeness (QED) is 0.416. The van der Waals surface area contributed by atoms with Crippen LogP contribution >= 0.6 is 33.2 Å². The largest absolute Gasteiger partial charge is 0.341 e. The topological polar surface area (TPSA) is 26.0 Å². The summed E-state index contributed by atoms with van der Waals surface area (Å²) in [5.74, 6) is 0. The molecule has 0 saturated heterocycles. The van der Waals surface area contributed by atoms with Crippen LogP contribution in [0.3, 0.4) is 0 Å². The van der Waals surface area contributed by atoms with Gasteiger partial charge in [-0.25, -0.2) is 0 Å². The van der Waals surface area contributed by atoms with Crippen molar-refractivity contribution < 1.29 is 0 Å². The molecule has 0 aromatic rings. The van der Waals surface area contributed by atoms with E-state index in [0.717, 1.165) is 25.4 Å². The van der Waals surface area contributed by atoms with Crippen molar-refractivity contribution in [3.05, 3.63) is 0 Å². The highest BCUT2D eigenvalue weighted by Gasteiger charge is 2.23. The molecule has 0 bridgehead atoms. The molecule has 0 rings (SSSR count). The Morgan fingerprint density at radius 1 is 0.833 bits per heavy atom. The summed E-state index contributed by atoms with van der Waals surface area (Å²) in [5, 5.41) is 0. The van der Waals surface area contributed by atoms with E-state index in [1.807, 2.05) is 0 Å². The molecule has 0 saturated carbocycles. The van der Waals surface area contributed by atoms with Crippen LogP contribution in [0.4, 0.5) is 0 Å². The fourth-order valence-corrected chi connectivity index (χ4v) is 2.85. The summed E-state index contributed by atoms with van der Waals surface area (Å²) >= 11 is 17.2. The lowest BCUT2D eigenvalue weighted by atomic mass is 10.2. The number of rotatable bonds is 7. The van der Waals surface area contributed by atoms with Crippen LogP contribution in [0.5, 0.6) is 0 Å². The molecule has 0 aliphatic rings. The number of nitrogens with two attached hydrogens (primary N) is 1. The zero-order valence-electron chi connectivity index (χ0n) is 7.16. The van der Waals surface area contributed by atoms with Crippen molar-refractivity contribution in [2.45, 2.75) is 38.1 Å². The minimum atomic E-state index is -2.33. The maximum absolute atomic E-state index is 5.72. The second-order valence-corrected chi connectivity index (χ2v) is 12.2. The molecule has 0 atom stereocenters. The van der Waals surface area contributed by atoms with Crippen LogP contribution in [0.2, 0.25) is 6.04 Å². The highest BCUT2D eigenvalue weighted by Crippen LogP contribution is 2.27. The molecule has 2 N–H and O–H groups in total. The van der Waals surface area contributed by atoms with Gasteiger partial charge in [0, 0.05) is 0 Å². The van der Waals surface area contributed by atoms with Crippen molar-refractivity contribution in [3.8, 4) is 0 Å². The highest BCUT2D eigenvalue weighted by atomic mass is 35.8. The maximum atomic E-state index is 5.72. The fraction of sp³-hybridized carbons (Fsp3) is 1.00. The Kier molecular flexibility index (Phi) is 8.10. The molecule has 0 radical (unpaired) electrons. The van der Waals surface area contributed by atoms with Crippen molar-refractivity contribution in [2.24, 2.45) is 5.73 Å². The zero-order chi connectivity index (χ0) is 9.45. The Hall–Kier alpha value is 1.05. The number of hydrogen-bond acceptors (Lipinski definition) is 1. The van der Waals surface area contributed by atoms with Gasteiger partial charge in [-0.3, -0.25) is 0 Å². The maximum Gasteiger partial charge on any atom is 0.341 e. The van der Waals surface area contributed by atoms with Crippen LogP contribution in [-0.4, -0.2) is 12.5 Å². The monoisotopic (exact) mass is 247 g/mol. The van der Waals surface area contributed by atoms with Gasteiger partial charge in [-0.1, -0.05) is 25.7 Å². The second kappa shape index (κ2) is 7.45. The van der Waals surface area contributed by atoms with Gasteiger partial charge in [-0.15, -0.1) is 33.2 Å². The first kappa shape index (κ1) is 13.0. The standard InChI is InChI=1S/C7H16Cl3NSi/c8-12(9,10)7-5-3-1-2-4-6-11/h1-7,11H2. The predicted molar refractivity (Wildman–Crippen MR) is 60.3 cm³/mol. The Bertz CT molecular complexity index is 105. The lowest BCUT2D eigenvalue weighted by Gasteiger charge is -2.06. The Morgan fingerprint density at radius 3 is 1.83 bits per heavy atom. The van der Waals surface area contributed by atoms with Gasteiger partial charge < -0.3 is 5.73 Å². The average molecular weight is 249 g/mol. The average Bonchev–Trinajstić information content (AvgIpc) is 1.94. The van der Waals surface area contributed by atoms with E-state index >= 15 is 0 Å².